The van der Waals surface area contributed by atoms with E-state index in [1.165, 1.54) is 25.7 Å². The van der Waals surface area contributed by atoms with Gasteiger partial charge in [-0.15, -0.1) is 0 Å². The first-order chi connectivity index (χ1) is 10.0. The van der Waals surface area contributed by atoms with Crippen LogP contribution < -0.4 is 5.32 Å². The van der Waals surface area contributed by atoms with Gasteiger partial charge in [0.25, 0.3) is 0 Å². The van der Waals surface area contributed by atoms with Gasteiger partial charge >= 0.3 is 5.97 Å². The average molecular weight is 295 g/mol. The Labute approximate surface area is 127 Å². The van der Waals surface area contributed by atoms with E-state index in [1.54, 1.807) is 0 Å². The zero-order valence-corrected chi connectivity index (χ0v) is 13.3. The number of carbonyl (C=O) groups excluding carboxylic acids is 1. The van der Waals surface area contributed by atoms with Crippen molar-refractivity contribution < 1.29 is 14.7 Å². The first-order valence-electron chi connectivity index (χ1n) is 8.51. The minimum atomic E-state index is -0.808. The number of carboxylic acids is 1. The van der Waals surface area contributed by atoms with Gasteiger partial charge in [0.05, 0.1) is 11.8 Å². The van der Waals surface area contributed by atoms with E-state index in [1.807, 2.05) is 0 Å². The molecule has 0 bridgehead atoms. The van der Waals surface area contributed by atoms with E-state index in [9.17, 15) is 14.7 Å². The van der Waals surface area contributed by atoms with Crippen molar-refractivity contribution in [2.24, 2.45) is 29.6 Å². The van der Waals surface area contributed by atoms with Gasteiger partial charge in [-0.1, -0.05) is 33.1 Å². The number of amides is 1. The van der Waals surface area contributed by atoms with Gasteiger partial charge in [0, 0.05) is 6.54 Å². The Morgan fingerprint density at radius 1 is 1.05 bits per heavy atom. The Kier molecular flexibility index (Phi) is 5.65. The van der Waals surface area contributed by atoms with Crippen LogP contribution in [0.1, 0.15) is 58.8 Å². The van der Waals surface area contributed by atoms with Gasteiger partial charge in [0.2, 0.25) is 5.91 Å². The normalized spacial score (nSPS) is 36.4. The van der Waals surface area contributed by atoms with Gasteiger partial charge in [-0.05, 0) is 43.4 Å². The van der Waals surface area contributed by atoms with Crippen LogP contribution in [0.25, 0.3) is 0 Å². The number of aliphatic carboxylic acids is 1. The molecule has 0 spiro atoms. The minimum Gasteiger partial charge on any atom is -0.481 e. The lowest BCUT2D eigenvalue weighted by Gasteiger charge is -2.27. The highest BCUT2D eigenvalue weighted by Gasteiger charge is 2.42. The molecule has 0 saturated heterocycles. The van der Waals surface area contributed by atoms with Crippen LogP contribution in [0.5, 0.6) is 0 Å². The summed E-state index contributed by atoms with van der Waals surface area (Å²) in [6.45, 7) is 5.09. The molecule has 2 N–H and O–H groups in total. The van der Waals surface area contributed by atoms with E-state index in [-0.39, 0.29) is 11.8 Å². The third-order valence-electron chi connectivity index (χ3n) is 5.59. The molecule has 0 radical (unpaired) electrons. The highest BCUT2D eigenvalue weighted by Crippen LogP contribution is 2.38. The van der Waals surface area contributed by atoms with Gasteiger partial charge in [0.1, 0.15) is 0 Å². The van der Waals surface area contributed by atoms with Gasteiger partial charge in [-0.25, -0.2) is 0 Å². The molecule has 0 aromatic heterocycles. The monoisotopic (exact) mass is 295 g/mol. The third kappa shape index (κ3) is 4.21. The van der Waals surface area contributed by atoms with Crippen molar-refractivity contribution in [1.29, 1.82) is 0 Å². The first kappa shape index (κ1) is 16.3. The van der Waals surface area contributed by atoms with E-state index < -0.39 is 11.9 Å². The zero-order valence-electron chi connectivity index (χ0n) is 13.3. The van der Waals surface area contributed by atoms with Crippen molar-refractivity contribution in [2.45, 2.75) is 58.8 Å². The molecule has 2 aliphatic rings. The molecular weight excluding hydrogens is 266 g/mol. The molecule has 2 saturated carbocycles. The molecule has 1 unspecified atom stereocenters. The second-order valence-corrected chi connectivity index (χ2v) is 7.17. The Morgan fingerprint density at radius 2 is 1.67 bits per heavy atom. The summed E-state index contributed by atoms with van der Waals surface area (Å²) in [4.78, 5) is 23.7. The second-order valence-electron chi connectivity index (χ2n) is 7.17. The molecule has 21 heavy (non-hydrogen) atoms. The molecule has 2 aliphatic carbocycles. The maximum Gasteiger partial charge on any atom is 0.307 e. The van der Waals surface area contributed by atoms with Crippen LogP contribution in [0, 0.1) is 29.6 Å². The molecule has 120 valence electrons. The summed E-state index contributed by atoms with van der Waals surface area (Å²) in [5, 5.41) is 12.3. The number of nitrogens with one attached hydrogen (secondary N) is 1. The molecular formula is C17H29NO3. The largest absolute Gasteiger partial charge is 0.481 e. The fourth-order valence-corrected chi connectivity index (χ4v) is 3.95. The number of hydrogen-bond acceptors (Lipinski definition) is 2. The van der Waals surface area contributed by atoms with E-state index in [2.05, 4.69) is 19.2 Å². The lowest BCUT2D eigenvalue weighted by atomic mass is 9.83. The van der Waals surface area contributed by atoms with E-state index in [0.717, 1.165) is 25.3 Å². The summed E-state index contributed by atoms with van der Waals surface area (Å²) in [5.41, 5.74) is 0. The number of hydrogen-bond donors (Lipinski definition) is 2. The predicted octanol–water partition coefficient (Wildman–Crippen LogP) is 3.07. The van der Waals surface area contributed by atoms with Crippen molar-refractivity contribution in [3.05, 3.63) is 0 Å². The van der Waals surface area contributed by atoms with Gasteiger partial charge in [0.15, 0.2) is 0 Å². The van der Waals surface area contributed by atoms with Gasteiger partial charge in [-0.3, -0.25) is 9.59 Å². The molecule has 3 atom stereocenters. The molecule has 1 amide bonds. The highest BCUT2D eigenvalue weighted by molar-refractivity contribution is 5.85. The van der Waals surface area contributed by atoms with Crippen molar-refractivity contribution in [2.75, 3.05) is 6.54 Å². The molecule has 0 aliphatic heterocycles. The van der Waals surface area contributed by atoms with Crippen molar-refractivity contribution >= 4 is 11.9 Å². The summed E-state index contributed by atoms with van der Waals surface area (Å²) in [6.07, 6.45) is 7.23. The molecule has 0 aromatic carbocycles. The van der Waals surface area contributed by atoms with Crippen LogP contribution in [-0.2, 0) is 9.59 Å². The average Bonchev–Trinajstić information content (AvgIpc) is 2.91. The summed E-state index contributed by atoms with van der Waals surface area (Å²) < 4.78 is 0. The third-order valence-corrected chi connectivity index (χ3v) is 5.59. The van der Waals surface area contributed by atoms with E-state index >= 15 is 0 Å². The van der Waals surface area contributed by atoms with E-state index in [0.29, 0.717) is 18.3 Å². The Morgan fingerprint density at radius 3 is 2.24 bits per heavy atom. The van der Waals surface area contributed by atoms with Crippen molar-refractivity contribution in [1.82, 2.24) is 5.32 Å². The van der Waals surface area contributed by atoms with Crippen LogP contribution >= 0.6 is 0 Å². The second kappa shape index (κ2) is 7.28. The number of carboxylic acid groups (broad SMARTS) is 1. The van der Waals surface area contributed by atoms with Crippen LogP contribution in [-0.4, -0.2) is 23.5 Å². The highest BCUT2D eigenvalue weighted by atomic mass is 16.4. The van der Waals surface area contributed by atoms with E-state index in [4.69, 9.17) is 0 Å². The van der Waals surface area contributed by atoms with Crippen molar-refractivity contribution in [3.63, 3.8) is 0 Å². The molecule has 2 rings (SSSR count). The number of rotatable bonds is 5. The lowest BCUT2D eigenvalue weighted by Crippen LogP contribution is -2.38. The molecule has 4 nitrogen and oxygen atoms in total. The topological polar surface area (TPSA) is 66.4 Å². The first-order valence-corrected chi connectivity index (χ1v) is 8.51. The predicted molar refractivity (Wildman–Crippen MR) is 81.8 cm³/mol. The Hall–Kier alpha value is -1.06. The lowest BCUT2D eigenvalue weighted by molar-refractivity contribution is -0.146. The van der Waals surface area contributed by atoms with Gasteiger partial charge in [-0.2, -0.15) is 0 Å². The molecule has 0 aromatic rings. The summed E-state index contributed by atoms with van der Waals surface area (Å²) in [5.74, 6) is 0.133. The summed E-state index contributed by atoms with van der Waals surface area (Å²) in [6, 6.07) is 0. The molecule has 4 heteroatoms. The summed E-state index contributed by atoms with van der Waals surface area (Å²) in [7, 11) is 0. The fraction of sp³-hybridized carbons (Fsp3) is 0.882. The van der Waals surface area contributed by atoms with Crippen LogP contribution in [0.3, 0.4) is 0 Å². The Bertz CT molecular complexity index is 374. The SMILES string of the molecule is CCC1C[C@H](C(=O)NCC2CCC(C)CC2)[C@H](C(=O)O)C1. The Balaban J connectivity index is 1.83. The van der Waals surface area contributed by atoms with Crippen LogP contribution in [0.15, 0.2) is 0 Å². The van der Waals surface area contributed by atoms with Crippen molar-refractivity contribution in [3.8, 4) is 0 Å². The van der Waals surface area contributed by atoms with Crippen LogP contribution in [0.4, 0.5) is 0 Å². The molecule has 2 fully saturated rings. The standard InChI is InChI=1S/C17H29NO3/c1-3-12-8-14(15(9-12)17(20)21)16(19)18-10-13-6-4-11(2)5-7-13/h11-15H,3-10H2,1-2H3,(H,18,19)(H,20,21)/t11?,12?,13?,14-,15+/m0/s1. The maximum atomic E-state index is 12.4. The van der Waals surface area contributed by atoms with Gasteiger partial charge < -0.3 is 10.4 Å². The fourth-order valence-electron chi connectivity index (χ4n) is 3.95. The number of carbonyl (C=O) groups is 2. The molecule has 0 heterocycles. The smallest absolute Gasteiger partial charge is 0.307 e. The maximum absolute atomic E-state index is 12.4. The zero-order chi connectivity index (χ0) is 15.4. The quantitative estimate of drug-likeness (QED) is 0.819. The summed E-state index contributed by atoms with van der Waals surface area (Å²) >= 11 is 0. The minimum absolute atomic E-state index is 0.0306. The van der Waals surface area contributed by atoms with Crippen LogP contribution in [0.2, 0.25) is 0 Å².